The smallest absolute Gasteiger partial charge is 0.269 e. The van der Waals surface area contributed by atoms with E-state index in [4.69, 9.17) is 11.6 Å². The normalized spacial score (nSPS) is 11.1. The minimum atomic E-state index is -0.814. The molecule has 0 fully saturated rings. The summed E-state index contributed by atoms with van der Waals surface area (Å²) >= 11 is 5.02. The molecule has 5 nitrogen and oxygen atoms in total. The van der Waals surface area contributed by atoms with E-state index in [0.29, 0.717) is 0 Å². The van der Waals surface area contributed by atoms with Gasteiger partial charge in [0, 0.05) is 23.8 Å². The van der Waals surface area contributed by atoms with Gasteiger partial charge in [-0.3, -0.25) is 14.9 Å². The standard InChI is InChI=1S/C9H6ClNO4/c10-9(13)5-8(12)6-1-3-7(4-2-6)11(14)15/h1-5,12H/b8-5-. The van der Waals surface area contributed by atoms with Crippen molar-refractivity contribution >= 4 is 28.3 Å². The summed E-state index contributed by atoms with van der Waals surface area (Å²) in [4.78, 5) is 20.2. The number of hydrogen-bond acceptors (Lipinski definition) is 4. The van der Waals surface area contributed by atoms with Crippen LogP contribution in [0.3, 0.4) is 0 Å². The number of halogens is 1. The first-order valence-corrected chi connectivity index (χ1v) is 4.23. The number of carbonyl (C=O) groups excluding carboxylic acids is 1. The molecule has 6 heteroatoms. The lowest BCUT2D eigenvalue weighted by molar-refractivity contribution is -0.384. The minimum Gasteiger partial charge on any atom is -0.507 e. The monoisotopic (exact) mass is 227 g/mol. The number of hydrogen-bond donors (Lipinski definition) is 1. The highest BCUT2D eigenvalue weighted by Gasteiger charge is 2.06. The fourth-order valence-corrected chi connectivity index (χ4v) is 1.05. The zero-order valence-electron chi connectivity index (χ0n) is 7.38. The quantitative estimate of drug-likeness (QED) is 0.282. The number of carbonyl (C=O) groups is 1. The summed E-state index contributed by atoms with van der Waals surface area (Å²) in [5.74, 6) is -0.329. The zero-order valence-corrected chi connectivity index (χ0v) is 8.14. The Hall–Kier alpha value is -1.88. The molecule has 0 atom stereocenters. The number of aliphatic hydroxyl groups is 1. The maximum atomic E-state index is 10.4. The number of nitrogens with zero attached hydrogens (tertiary/aromatic N) is 1. The highest BCUT2D eigenvalue weighted by Crippen LogP contribution is 2.16. The van der Waals surface area contributed by atoms with Crippen LogP contribution < -0.4 is 0 Å². The first kappa shape index (κ1) is 11.2. The third-order valence-corrected chi connectivity index (χ3v) is 1.73. The number of nitro benzene ring substituents is 1. The molecular formula is C9H6ClNO4. The number of nitro groups is 1. The molecule has 0 radical (unpaired) electrons. The van der Waals surface area contributed by atoms with Crippen molar-refractivity contribution in [2.75, 3.05) is 0 Å². The van der Waals surface area contributed by atoms with E-state index in [1.54, 1.807) is 0 Å². The van der Waals surface area contributed by atoms with Crippen LogP contribution in [0.1, 0.15) is 5.56 Å². The predicted molar refractivity (Wildman–Crippen MR) is 54.6 cm³/mol. The van der Waals surface area contributed by atoms with Gasteiger partial charge in [-0.25, -0.2) is 0 Å². The van der Waals surface area contributed by atoms with Gasteiger partial charge in [-0.2, -0.15) is 0 Å². The van der Waals surface area contributed by atoms with Crippen molar-refractivity contribution in [1.29, 1.82) is 0 Å². The lowest BCUT2D eigenvalue weighted by Crippen LogP contribution is -1.90. The summed E-state index contributed by atoms with van der Waals surface area (Å²) in [7, 11) is 0. The average molecular weight is 228 g/mol. The molecule has 0 unspecified atom stereocenters. The van der Waals surface area contributed by atoms with E-state index in [2.05, 4.69) is 0 Å². The van der Waals surface area contributed by atoms with Crippen LogP contribution in [0.15, 0.2) is 30.3 Å². The van der Waals surface area contributed by atoms with E-state index in [9.17, 15) is 20.0 Å². The molecule has 15 heavy (non-hydrogen) atoms. The molecule has 0 aromatic heterocycles. The van der Waals surface area contributed by atoms with E-state index >= 15 is 0 Å². The number of aliphatic hydroxyl groups excluding tert-OH is 1. The molecule has 1 aromatic carbocycles. The Balaban J connectivity index is 2.99. The van der Waals surface area contributed by atoms with Gasteiger partial charge in [-0.05, 0) is 23.7 Å². The van der Waals surface area contributed by atoms with Crippen molar-refractivity contribution in [2.24, 2.45) is 0 Å². The summed E-state index contributed by atoms with van der Waals surface area (Å²) in [6.45, 7) is 0. The van der Waals surface area contributed by atoms with Crippen LogP contribution in [0.4, 0.5) is 5.69 Å². The van der Waals surface area contributed by atoms with Crippen molar-refractivity contribution in [2.45, 2.75) is 0 Å². The molecule has 0 aliphatic rings. The van der Waals surface area contributed by atoms with Crippen LogP contribution in [0.5, 0.6) is 0 Å². The molecule has 0 aliphatic heterocycles. The highest BCUT2D eigenvalue weighted by molar-refractivity contribution is 6.66. The van der Waals surface area contributed by atoms with Gasteiger partial charge in [0.25, 0.3) is 5.69 Å². The van der Waals surface area contributed by atoms with Crippen molar-refractivity contribution in [3.05, 3.63) is 46.0 Å². The number of allylic oxidation sites excluding steroid dienone is 1. The van der Waals surface area contributed by atoms with E-state index in [0.717, 1.165) is 6.08 Å². The van der Waals surface area contributed by atoms with Crippen LogP contribution in [-0.2, 0) is 4.79 Å². The molecule has 0 saturated heterocycles. The Labute approximate surface area is 89.7 Å². The Kier molecular flexibility index (Phi) is 3.41. The highest BCUT2D eigenvalue weighted by atomic mass is 35.5. The molecule has 0 aliphatic carbocycles. The second-order valence-corrected chi connectivity index (χ2v) is 3.01. The number of rotatable bonds is 3. The topological polar surface area (TPSA) is 80.4 Å². The molecule has 0 spiro atoms. The minimum absolute atomic E-state index is 0.0937. The van der Waals surface area contributed by atoms with Gasteiger partial charge >= 0.3 is 0 Å². The van der Waals surface area contributed by atoms with Gasteiger partial charge in [-0.1, -0.05) is 0 Å². The van der Waals surface area contributed by atoms with E-state index in [1.807, 2.05) is 0 Å². The largest absolute Gasteiger partial charge is 0.507 e. The molecule has 78 valence electrons. The van der Waals surface area contributed by atoms with Crippen molar-refractivity contribution < 1.29 is 14.8 Å². The molecule has 1 rings (SSSR count). The summed E-state index contributed by atoms with van der Waals surface area (Å²) in [6.07, 6.45) is 0.822. The molecule has 0 heterocycles. The van der Waals surface area contributed by atoms with E-state index in [1.165, 1.54) is 24.3 Å². The summed E-state index contributed by atoms with van der Waals surface area (Å²) in [6, 6.07) is 5.09. The van der Waals surface area contributed by atoms with E-state index in [-0.39, 0.29) is 17.0 Å². The van der Waals surface area contributed by atoms with Gasteiger partial charge in [-0.15, -0.1) is 0 Å². The third-order valence-electron chi connectivity index (χ3n) is 1.62. The summed E-state index contributed by atoms with van der Waals surface area (Å²) < 4.78 is 0. The van der Waals surface area contributed by atoms with Gasteiger partial charge in [0.2, 0.25) is 5.24 Å². The fourth-order valence-electron chi connectivity index (χ4n) is 0.945. The first-order chi connectivity index (χ1) is 7.00. The van der Waals surface area contributed by atoms with Gasteiger partial charge in [0.05, 0.1) is 4.92 Å². The maximum Gasteiger partial charge on any atom is 0.269 e. The second kappa shape index (κ2) is 4.56. The summed E-state index contributed by atoms with van der Waals surface area (Å²) in [5.41, 5.74) is 0.193. The van der Waals surface area contributed by atoms with Crippen LogP contribution in [-0.4, -0.2) is 15.3 Å². The molecule has 1 aromatic rings. The molecular weight excluding hydrogens is 222 g/mol. The summed E-state index contributed by atoms with van der Waals surface area (Å²) in [5, 5.41) is 18.8. The second-order valence-electron chi connectivity index (χ2n) is 2.64. The average Bonchev–Trinajstić information content (AvgIpc) is 2.17. The maximum absolute atomic E-state index is 10.4. The van der Waals surface area contributed by atoms with Crippen LogP contribution >= 0.6 is 11.6 Å². The van der Waals surface area contributed by atoms with Crippen LogP contribution in [0.2, 0.25) is 0 Å². The Morgan fingerprint density at radius 2 is 1.93 bits per heavy atom. The number of benzene rings is 1. The van der Waals surface area contributed by atoms with Crippen molar-refractivity contribution in [3.63, 3.8) is 0 Å². The Morgan fingerprint density at radius 1 is 1.40 bits per heavy atom. The fraction of sp³-hybridized carbons (Fsp3) is 0. The molecule has 0 bridgehead atoms. The van der Waals surface area contributed by atoms with Crippen LogP contribution in [0.25, 0.3) is 5.76 Å². The van der Waals surface area contributed by atoms with Crippen LogP contribution in [0, 0.1) is 10.1 Å². The first-order valence-electron chi connectivity index (χ1n) is 3.85. The Morgan fingerprint density at radius 3 is 2.33 bits per heavy atom. The molecule has 0 amide bonds. The van der Waals surface area contributed by atoms with Crippen molar-refractivity contribution in [1.82, 2.24) is 0 Å². The Bertz CT molecular complexity index is 424. The van der Waals surface area contributed by atoms with E-state index < -0.39 is 10.2 Å². The molecule has 0 saturated carbocycles. The van der Waals surface area contributed by atoms with Gasteiger partial charge < -0.3 is 5.11 Å². The SMILES string of the molecule is O=C(Cl)/C=C(\O)c1ccc([N+](=O)[O-])cc1. The predicted octanol–water partition coefficient (Wildman–Crippen LogP) is 2.26. The lowest BCUT2D eigenvalue weighted by atomic mass is 10.1. The molecule has 1 N–H and O–H groups in total. The van der Waals surface area contributed by atoms with Crippen molar-refractivity contribution in [3.8, 4) is 0 Å². The lowest BCUT2D eigenvalue weighted by Gasteiger charge is -1.98. The zero-order chi connectivity index (χ0) is 11.4. The number of non-ortho nitro benzene ring substituents is 1. The van der Waals surface area contributed by atoms with Gasteiger partial charge in [0.1, 0.15) is 5.76 Å². The van der Waals surface area contributed by atoms with Gasteiger partial charge in [0.15, 0.2) is 0 Å². The third kappa shape index (κ3) is 3.07.